The molecule has 248 valence electrons. The summed E-state index contributed by atoms with van der Waals surface area (Å²) in [6.07, 6.45) is 0. The van der Waals surface area contributed by atoms with E-state index in [2.05, 4.69) is 127 Å². The normalized spacial score (nSPS) is 16.6. The zero-order chi connectivity index (χ0) is 34.9. The van der Waals surface area contributed by atoms with E-state index in [4.69, 9.17) is 4.99 Å². The molecule has 0 fully saturated rings. The molecule has 3 nitrogen and oxygen atoms in total. The van der Waals surface area contributed by atoms with Gasteiger partial charge < -0.3 is 9.46 Å². The summed E-state index contributed by atoms with van der Waals surface area (Å²) >= 11 is 0. The Balaban J connectivity index is 1.21. The maximum Gasteiger partial charge on any atom is 0.171 e. The van der Waals surface area contributed by atoms with Gasteiger partial charge in [0.25, 0.3) is 0 Å². The van der Waals surface area contributed by atoms with Gasteiger partial charge in [0.2, 0.25) is 0 Å². The number of hydrogen-bond acceptors (Lipinski definition) is 3. The summed E-state index contributed by atoms with van der Waals surface area (Å²) in [5.41, 5.74) is 11.7. The lowest BCUT2D eigenvalue weighted by atomic mass is 9.66. The quantitative estimate of drug-likeness (QED) is 0.169. The van der Waals surface area contributed by atoms with Gasteiger partial charge >= 0.3 is 0 Å². The van der Waals surface area contributed by atoms with Crippen molar-refractivity contribution < 1.29 is 4.57 Å². The van der Waals surface area contributed by atoms with Crippen LogP contribution in [-0.2, 0) is 9.98 Å². The van der Waals surface area contributed by atoms with E-state index < -0.39 is 12.6 Å². The fourth-order valence-corrected chi connectivity index (χ4v) is 11.7. The van der Waals surface area contributed by atoms with E-state index in [0.29, 0.717) is 0 Å². The van der Waals surface area contributed by atoms with E-state index in [1.165, 1.54) is 44.5 Å². The average Bonchev–Trinajstić information content (AvgIpc) is 3.68. The highest BCUT2D eigenvalue weighted by Gasteiger charge is 2.57. The summed E-state index contributed by atoms with van der Waals surface area (Å²) in [5.74, 6) is 0.889. The fraction of sp³-hybridized carbons (Fsp3) is 0.0625. The van der Waals surface area contributed by atoms with E-state index in [9.17, 15) is 0 Å². The summed E-state index contributed by atoms with van der Waals surface area (Å²) in [5, 5.41) is 2.45. The maximum absolute atomic E-state index is 15.2. The van der Waals surface area contributed by atoms with Crippen LogP contribution in [0.1, 0.15) is 39.4 Å². The van der Waals surface area contributed by atoms with Crippen LogP contribution in [0.5, 0.6) is 0 Å². The Bertz CT molecular complexity index is 2520. The Hall–Kier alpha value is -6.02. The zero-order valence-corrected chi connectivity index (χ0v) is 29.6. The van der Waals surface area contributed by atoms with Gasteiger partial charge in [-0.05, 0) is 33.4 Å². The third kappa shape index (κ3) is 4.21. The molecule has 0 saturated carbocycles. The number of amidine groups is 1. The van der Waals surface area contributed by atoms with Crippen LogP contribution in [0.25, 0.3) is 16.8 Å². The highest BCUT2D eigenvalue weighted by Crippen LogP contribution is 2.65. The summed E-state index contributed by atoms with van der Waals surface area (Å²) < 4.78 is 15.2. The molecular weight excluding hydrogens is 652 g/mol. The van der Waals surface area contributed by atoms with Crippen LogP contribution in [-0.4, -0.2) is 17.8 Å². The molecule has 52 heavy (non-hydrogen) atoms. The number of likely N-dealkylation sites (N-methyl/N-ethyl adjacent to an activating group) is 1. The lowest BCUT2D eigenvalue weighted by Gasteiger charge is -2.43. The number of rotatable bonds is 5. The van der Waals surface area contributed by atoms with Gasteiger partial charge in [-0.2, -0.15) is 0 Å². The van der Waals surface area contributed by atoms with E-state index in [1.807, 2.05) is 72.8 Å². The molecule has 2 aliphatic carbocycles. The predicted molar refractivity (Wildman–Crippen MR) is 214 cm³/mol. The van der Waals surface area contributed by atoms with Gasteiger partial charge in [-0.3, -0.25) is 0 Å². The molecule has 0 radical (unpaired) electrons. The van der Waals surface area contributed by atoms with Gasteiger partial charge in [-0.15, -0.1) is 0 Å². The van der Waals surface area contributed by atoms with Crippen molar-refractivity contribution in [1.29, 1.82) is 0 Å². The van der Waals surface area contributed by atoms with Crippen LogP contribution in [0, 0.1) is 0 Å². The van der Waals surface area contributed by atoms with E-state index >= 15 is 4.57 Å². The minimum absolute atomic E-state index is 0.102. The molecule has 0 saturated heterocycles. The molecule has 1 aliphatic heterocycles. The Morgan fingerprint density at radius 2 is 0.923 bits per heavy atom. The van der Waals surface area contributed by atoms with Crippen LogP contribution < -0.4 is 15.9 Å². The van der Waals surface area contributed by atoms with Gasteiger partial charge in [0, 0.05) is 39.7 Å². The molecule has 4 heteroatoms. The van der Waals surface area contributed by atoms with Crippen LogP contribution in [0.15, 0.2) is 199 Å². The number of aliphatic imine (C=N–C) groups is 1. The molecule has 0 N–H and O–H groups in total. The van der Waals surface area contributed by atoms with Crippen molar-refractivity contribution in [2.24, 2.45) is 4.99 Å². The SMILES string of the molecule is CN1C(c2ccc(P(=O)(c3ccccc3)c3ccccc3)cc2)=NC2=C(C1c1ccccc1)C1(c3ccccc32)c2ccccc2-c2ccccc21. The number of fused-ring (bicyclic) bond motifs is 9. The van der Waals surface area contributed by atoms with Gasteiger partial charge in [0.1, 0.15) is 5.84 Å². The first-order valence-electron chi connectivity index (χ1n) is 17.8. The van der Waals surface area contributed by atoms with Crippen LogP contribution in [0.2, 0.25) is 0 Å². The molecule has 1 spiro atoms. The Labute approximate surface area is 304 Å². The van der Waals surface area contributed by atoms with Crippen molar-refractivity contribution in [2.45, 2.75) is 11.5 Å². The van der Waals surface area contributed by atoms with Crippen molar-refractivity contribution in [2.75, 3.05) is 7.05 Å². The van der Waals surface area contributed by atoms with Gasteiger partial charge in [-0.1, -0.05) is 188 Å². The van der Waals surface area contributed by atoms with Gasteiger partial charge in [-0.25, -0.2) is 4.99 Å². The largest absolute Gasteiger partial charge is 0.348 e. The van der Waals surface area contributed by atoms with Crippen LogP contribution in [0.3, 0.4) is 0 Å². The second-order valence-corrected chi connectivity index (χ2v) is 16.6. The summed E-state index contributed by atoms with van der Waals surface area (Å²) in [6.45, 7) is 0. The lowest BCUT2D eigenvalue weighted by Crippen LogP contribution is -2.41. The molecule has 1 heterocycles. The molecule has 3 aliphatic rings. The van der Waals surface area contributed by atoms with Crippen molar-refractivity contribution in [3.05, 3.63) is 227 Å². The van der Waals surface area contributed by atoms with Crippen LogP contribution >= 0.6 is 7.14 Å². The smallest absolute Gasteiger partial charge is 0.171 e. The van der Waals surface area contributed by atoms with Crippen molar-refractivity contribution in [1.82, 2.24) is 4.90 Å². The summed E-state index contributed by atoms with van der Waals surface area (Å²) in [7, 11) is -0.940. The van der Waals surface area contributed by atoms with Crippen molar-refractivity contribution in [3.8, 4) is 11.1 Å². The molecule has 10 rings (SSSR count). The summed E-state index contributed by atoms with van der Waals surface area (Å²) in [4.78, 5) is 7.99. The molecule has 0 amide bonds. The van der Waals surface area contributed by atoms with Gasteiger partial charge in [0.15, 0.2) is 7.14 Å². The minimum Gasteiger partial charge on any atom is -0.348 e. The topological polar surface area (TPSA) is 32.7 Å². The Kier molecular flexibility index (Phi) is 6.97. The lowest BCUT2D eigenvalue weighted by molar-refractivity contribution is 0.394. The molecule has 7 aromatic carbocycles. The number of nitrogens with zero attached hydrogens (tertiary/aromatic N) is 2. The minimum atomic E-state index is -3.12. The van der Waals surface area contributed by atoms with Gasteiger partial charge in [0.05, 0.1) is 17.2 Å². The van der Waals surface area contributed by atoms with Crippen molar-refractivity contribution in [3.63, 3.8) is 0 Å². The molecule has 1 unspecified atom stereocenters. The Morgan fingerprint density at radius 3 is 1.46 bits per heavy atom. The monoisotopic (exact) mass is 686 g/mol. The third-order valence-corrected chi connectivity index (χ3v) is 14.3. The number of benzene rings is 7. The first-order chi connectivity index (χ1) is 25.6. The predicted octanol–water partition coefficient (Wildman–Crippen LogP) is 9.50. The molecule has 0 bridgehead atoms. The zero-order valence-electron chi connectivity index (χ0n) is 28.7. The van der Waals surface area contributed by atoms with E-state index in [0.717, 1.165) is 33.0 Å². The molecule has 1 atom stereocenters. The first-order valence-corrected chi connectivity index (χ1v) is 19.5. The van der Waals surface area contributed by atoms with Crippen molar-refractivity contribution >= 4 is 34.6 Å². The Morgan fingerprint density at radius 1 is 0.500 bits per heavy atom. The second-order valence-electron chi connectivity index (χ2n) is 13.8. The molecular formula is C48H35N2OP. The third-order valence-electron chi connectivity index (χ3n) is 11.3. The highest BCUT2D eigenvalue weighted by molar-refractivity contribution is 7.85. The highest BCUT2D eigenvalue weighted by atomic mass is 31.2. The second kappa shape index (κ2) is 11.8. The maximum atomic E-state index is 15.2. The number of hydrogen-bond donors (Lipinski definition) is 0. The first kappa shape index (κ1) is 30.8. The molecule has 0 aromatic heterocycles. The summed E-state index contributed by atoms with van der Waals surface area (Å²) in [6, 6.07) is 65.5. The van der Waals surface area contributed by atoms with E-state index in [1.54, 1.807) is 0 Å². The fourth-order valence-electron chi connectivity index (χ4n) is 9.09. The average molecular weight is 687 g/mol. The van der Waals surface area contributed by atoms with Crippen LogP contribution in [0.4, 0.5) is 0 Å². The molecule has 7 aromatic rings. The standard InChI is InChI=1S/C48H35N2OP/c1-50-46(33-17-5-2-6-18-33)44-45(40-25-13-16-28-43(40)48(44)41-26-14-11-23-38(41)39-24-12-15-27-42(39)48)49-47(50)34-29-31-37(32-30-34)52(51,35-19-7-3-8-20-35)36-21-9-4-10-22-36/h2-32,46H,1H3. The van der Waals surface area contributed by atoms with E-state index in [-0.39, 0.29) is 6.04 Å².